The number of rotatable bonds is 8. The molecule has 176 valence electrons. The zero-order chi connectivity index (χ0) is 24.2. The maximum atomic E-state index is 13.2. The molecule has 0 bridgehead atoms. The summed E-state index contributed by atoms with van der Waals surface area (Å²) >= 11 is 1.58. The van der Waals surface area contributed by atoms with Gasteiger partial charge in [0.1, 0.15) is 18.4 Å². The van der Waals surface area contributed by atoms with Crippen LogP contribution in [-0.4, -0.2) is 48.1 Å². The van der Waals surface area contributed by atoms with Crippen LogP contribution < -0.4 is 4.74 Å². The number of aliphatic carboxylic acids is 1. The number of carboxylic acids is 1. The fraction of sp³-hybridized carbons (Fsp3) is 0.259. The molecule has 1 N–H and O–H groups in total. The number of carboxylic acid groups (broad SMARTS) is 1. The number of hydrogen-bond acceptors (Lipinski definition) is 5. The standard InChI is InChI=1S/C27H27NO5S/c1-17(26(29)30)28(15-18-12-13-19(34-3)14-25(18)32-2)27(31)33-16-24-22-10-6-4-8-20(22)21-9-5-7-11-23(21)24/h4-14,17,24H,15-16H2,1-3H3,(H,29,30)/t17-/m0/s1. The third-order valence-electron chi connectivity index (χ3n) is 6.23. The molecule has 0 unspecified atom stereocenters. The van der Waals surface area contributed by atoms with Gasteiger partial charge in [-0.15, -0.1) is 11.8 Å². The van der Waals surface area contributed by atoms with Crippen molar-refractivity contribution in [1.82, 2.24) is 4.90 Å². The number of methoxy groups -OCH3 is 1. The van der Waals surface area contributed by atoms with Gasteiger partial charge >= 0.3 is 12.1 Å². The Bertz CT molecular complexity index is 1170. The van der Waals surface area contributed by atoms with E-state index in [1.54, 1.807) is 18.9 Å². The number of carbonyl (C=O) groups is 2. The molecule has 6 nitrogen and oxygen atoms in total. The Morgan fingerprint density at radius 3 is 2.21 bits per heavy atom. The largest absolute Gasteiger partial charge is 0.496 e. The van der Waals surface area contributed by atoms with Gasteiger partial charge in [0.2, 0.25) is 0 Å². The van der Waals surface area contributed by atoms with Crippen LogP contribution in [0.15, 0.2) is 71.6 Å². The molecule has 0 heterocycles. The van der Waals surface area contributed by atoms with E-state index >= 15 is 0 Å². The summed E-state index contributed by atoms with van der Waals surface area (Å²) < 4.78 is 11.2. The molecule has 0 aliphatic heterocycles. The third kappa shape index (κ3) is 4.61. The zero-order valence-corrected chi connectivity index (χ0v) is 20.2. The van der Waals surface area contributed by atoms with E-state index in [4.69, 9.17) is 9.47 Å². The summed E-state index contributed by atoms with van der Waals surface area (Å²) in [5.74, 6) is -0.608. The Kier molecular flexibility index (Phi) is 7.12. The molecule has 1 aliphatic carbocycles. The lowest BCUT2D eigenvalue weighted by Gasteiger charge is -2.27. The Balaban J connectivity index is 1.56. The summed E-state index contributed by atoms with van der Waals surface area (Å²) in [7, 11) is 1.56. The van der Waals surface area contributed by atoms with Gasteiger partial charge < -0.3 is 14.6 Å². The van der Waals surface area contributed by atoms with E-state index in [9.17, 15) is 14.7 Å². The van der Waals surface area contributed by atoms with Crippen molar-refractivity contribution in [3.8, 4) is 16.9 Å². The van der Waals surface area contributed by atoms with Crippen LogP contribution in [0.3, 0.4) is 0 Å². The van der Waals surface area contributed by atoms with E-state index < -0.39 is 18.1 Å². The number of nitrogens with zero attached hydrogens (tertiary/aromatic N) is 1. The smallest absolute Gasteiger partial charge is 0.410 e. The minimum atomic E-state index is -1.10. The summed E-state index contributed by atoms with van der Waals surface area (Å²) in [4.78, 5) is 27.2. The van der Waals surface area contributed by atoms with E-state index in [0.29, 0.717) is 11.3 Å². The van der Waals surface area contributed by atoms with Crippen LogP contribution in [0.4, 0.5) is 4.79 Å². The van der Waals surface area contributed by atoms with Crippen molar-refractivity contribution in [3.63, 3.8) is 0 Å². The van der Waals surface area contributed by atoms with Gasteiger partial charge in [0.05, 0.1) is 13.7 Å². The van der Waals surface area contributed by atoms with Crippen molar-refractivity contribution < 1.29 is 24.2 Å². The van der Waals surface area contributed by atoms with E-state index in [1.807, 2.05) is 60.9 Å². The van der Waals surface area contributed by atoms with Crippen molar-refractivity contribution in [1.29, 1.82) is 0 Å². The van der Waals surface area contributed by atoms with Crippen LogP contribution in [0.25, 0.3) is 11.1 Å². The molecular weight excluding hydrogens is 450 g/mol. The van der Waals surface area contributed by atoms with E-state index in [1.165, 1.54) is 11.8 Å². The number of carbonyl (C=O) groups excluding carboxylic acids is 1. The van der Waals surface area contributed by atoms with Gasteiger partial charge in [0, 0.05) is 16.4 Å². The lowest BCUT2D eigenvalue weighted by Crippen LogP contribution is -2.43. The highest BCUT2D eigenvalue weighted by Crippen LogP contribution is 2.44. The van der Waals surface area contributed by atoms with Crippen molar-refractivity contribution >= 4 is 23.8 Å². The average molecular weight is 478 g/mol. The van der Waals surface area contributed by atoms with E-state index in [0.717, 1.165) is 27.1 Å². The molecule has 1 atom stereocenters. The van der Waals surface area contributed by atoms with Crippen LogP contribution in [0.5, 0.6) is 5.75 Å². The molecule has 1 amide bonds. The molecule has 7 heteroatoms. The van der Waals surface area contributed by atoms with Crippen molar-refractivity contribution in [3.05, 3.63) is 83.4 Å². The topological polar surface area (TPSA) is 76.1 Å². The van der Waals surface area contributed by atoms with Crippen molar-refractivity contribution in [2.24, 2.45) is 0 Å². The molecule has 0 saturated heterocycles. The second-order valence-electron chi connectivity index (χ2n) is 8.12. The zero-order valence-electron chi connectivity index (χ0n) is 19.4. The molecule has 1 aliphatic rings. The summed E-state index contributed by atoms with van der Waals surface area (Å²) in [6.07, 6.45) is 1.29. The predicted octanol–water partition coefficient (Wildman–Crippen LogP) is 5.64. The molecule has 34 heavy (non-hydrogen) atoms. The first-order chi connectivity index (χ1) is 16.4. The fourth-order valence-electron chi connectivity index (χ4n) is 4.34. The molecule has 0 saturated carbocycles. The van der Waals surface area contributed by atoms with Crippen LogP contribution >= 0.6 is 11.8 Å². The Labute approximate surface area is 203 Å². The number of hydrogen-bond donors (Lipinski definition) is 1. The van der Waals surface area contributed by atoms with E-state index in [-0.39, 0.29) is 19.1 Å². The van der Waals surface area contributed by atoms with Gasteiger partial charge in [-0.3, -0.25) is 4.90 Å². The molecule has 0 radical (unpaired) electrons. The first-order valence-electron chi connectivity index (χ1n) is 11.0. The lowest BCUT2D eigenvalue weighted by atomic mass is 9.98. The predicted molar refractivity (Wildman–Crippen MR) is 132 cm³/mol. The molecule has 0 fully saturated rings. The van der Waals surface area contributed by atoms with Crippen molar-refractivity contribution in [2.45, 2.75) is 30.3 Å². The molecule has 0 aromatic heterocycles. The molecule has 0 spiro atoms. The maximum Gasteiger partial charge on any atom is 0.410 e. The number of thioether (sulfide) groups is 1. The van der Waals surface area contributed by atoms with Gasteiger partial charge in [0.15, 0.2) is 0 Å². The monoisotopic (exact) mass is 477 g/mol. The molecular formula is C27H27NO5S. The number of ether oxygens (including phenoxy) is 2. The normalized spacial score (nSPS) is 13.0. The number of fused-ring (bicyclic) bond motifs is 3. The molecule has 3 aromatic rings. The Hall–Kier alpha value is -3.45. The summed E-state index contributed by atoms with van der Waals surface area (Å²) in [5, 5.41) is 9.64. The molecule has 4 rings (SSSR count). The highest BCUT2D eigenvalue weighted by molar-refractivity contribution is 7.98. The van der Waals surface area contributed by atoms with Crippen LogP contribution in [0.1, 0.15) is 29.5 Å². The van der Waals surface area contributed by atoms with Crippen molar-refractivity contribution in [2.75, 3.05) is 20.0 Å². The van der Waals surface area contributed by atoms with Crippen LogP contribution in [0.2, 0.25) is 0 Å². The summed E-state index contributed by atoms with van der Waals surface area (Å²) in [6, 6.07) is 20.7. The molecule has 3 aromatic carbocycles. The van der Waals surface area contributed by atoms with Crippen LogP contribution in [-0.2, 0) is 16.1 Å². The van der Waals surface area contributed by atoms with Gasteiger partial charge in [-0.05, 0) is 47.6 Å². The SMILES string of the molecule is COc1cc(SC)ccc1CN(C(=O)OCC1c2ccccc2-c2ccccc21)[C@@H](C)C(=O)O. The van der Waals surface area contributed by atoms with Crippen LogP contribution in [0, 0.1) is 0 Å². The quantitative estimate of drug-likeness (QED) is 0.423. The number of amides is 1. The van der Waals surface area contributed by atoms with Gasteiger partial charge in [0.25, 0.3) is 0 Å². The second kappa shape index (κ2) is 10.2. The fourth-order valence-corrected chi connectivity index (χ4v) is 4.76. The Morgan fingerprint density at radius 1 is 1.03 bits per heavy atom. The summed E-state index contributed by atoms with van der Waals surface area (Å²) in [6.45, 7) is 1.66. The summed E-state index contributed by atoms with van der Waals surface area (Å²) in [5.41, 5.74) is 5.18. The second-order valence-corrected chi connectivity index (χ2v) is 9.00. The maximum absolute atomic E-state index is 13.2. The first-order valence-corrected chi connectivity index (χ1v) is 12.2. The highest BCUT2D eigenvalue weighted by Gasteiger charge is 2.32. The van der Waals surface area contributed by atoms with Gasteiger partial charge in [-0.2, -0.15) is 0 Å². The average Bonchev–Trinajstić information content (AvgIpc) is 3.19. The van der Waals surface area contributed by atoms with E-state index in [2.05, 4.69) is 12.1 Å². The van der Waals surface area contributed by atoms with Gasteiger partial charge in [-0.25, -0.2) is 9.59 Å². The third-order valence-corrected chi connectivity index (χ3v) is 6.96. The first kappa shape index (κ1) is 23.7. The highest BCUT2D eigenvalue weighted by atomic mass is 32.2. The Morgan fingerprint density at radius 2 is 1.65 bits per heavy atom. The minimum Gasteiger partial charge on any atom is -0.496 e. The van der Waals surface area contributed by atoms with Gasteiger partial charge in [-0.1, -0.05) is 54.6 Å². The number of benzene rings is 3. The lowest BCUT2D eigenvalue weighted by molar-refractivity contribution is -0.142. The minimum absolute atomic E-state index is 0.0575.